The molecule has 0 saturated carbocycles. The van der Waals surface area contributed by atoms with Gasteiger partial charge >= 0.3 is 11.9 Å². The zero-order chi connectivity index (χ0) is 16.9. The monoisotopic (exact) mass is 336 g/mol. The van der Waals surface area contributed by atoms with Crippen LogP contribution in [0.2, 0.25) is 0 Å². The minimum Gasteiger partial charge on any atom is -0.454 e. The van der Waals surface area contributed by atoms with E-state index in [0.29, 0.717) is 26.4 Å². The molecule has 0 aromatic rings. The lowest BCUT2D eigenvalue weighted by atomic mass is 10.2. The van der Waals surface area contributed by atoms with Crippen molar-refractivity contribution in [3.8, 4) is 0 Å². The predicted molar refractivity (Wildman–Crippen MR) is 76.0 cm³/mol. The molecule has 2 atom stereocenters. The fourth-order valence-corrected chi connectivity index (χ4v) is 1.74. The number of ether oxygens (including phenoxy) is 7. The third-order valence-corrected chi connectivity index (χ3v) is 2.85. The molecule has 9 heteroatoms. The molecule has 0 radical (unpaired) electrons. The maximum Gasteiger partial charge on any atom is 0.332 e. The van der Waals surface area contributed by atoms with E-state index in [1.807, 2.05) is 0 Å². The van der Waals surface area contributed by atoms with E-state index in [2.05, 4.69) is 0 Å². The summed E-state index contributed by atoms with van der Waals surface area (Å²) in [6.45, 7) is 1.33. The van der Waals surface area contributed by atoms with Crippen molar-refractivity contribution in [3.63, 3.8) is 0 Å². The molecule has 134 valence electrons. The first kappa shape index (κ1) is 19.8. The summed E-state index contributed by atoms with van der Waals surface area (Å²) in [5.41, 5.74) is 0. The van der Waals surface area contributed by atoms with Crippen LogP contribution in [0.15, 0.2) is 0 Å². The molecule has 2 unspecified atom stereocenters. The molecule has 23 heavy (non-hydrogen) atoms. The van der Waals surface area contributed by atoms with Crippen molar-refractivity contribution in [1.82, 2.24) is 0 Å². The average molecular weight is 336 g/mol. The highest BCUT2D eigenvalue weighted by atomic mass is 16.6. The van der Waals surface area contributed by atoms with Crippen LogP contribution >= 0.6 is 0 Å². The molecular weight excluding hydrogens is 312 g/mol. The number of hydrogen-bond acceptors (Lipinski definition) is 9. The summed E-state index contributed by atoms with van der Waals surface area (Å²) in [5, 5.41) is 0. The number of hydrogen-bond donors (Lipinski definition) is 0. The molecule has 0 N–H and O–H groups in total. The molecule has 1 aliphatic rings. The maximum atomic E-state index is 11.6. The normalized spacial score (nSPS) is 20.4. The average Bonchev–Trinajstić information content (AvgIpc) is 2.95. The van der Waals surface area contributed by atoms with E-state index >= 15 is 0 Å². The molecule has 1 heterocycles. The Morgan fingerprint density at radius 1 is 0.826 bits per heavy atom. The second kappa shape index (κ2) is 12.2. The summed E-state index contributed by atoms with van der Waals surface area (Å²) >= 11 is 0. The summed E-state index contributed by atoms with van der Waals surface area (Å²) in [7, 11) is 3.07. The Labute approximate surface area is 135 Å². The van der Waals surface area contributed by atoms with Crippen LogP contribution in [0.25, 0.3) is 0 Å². The summed E-state index contributed by atoms with van der Waals surface area (Å²) < 4.78 is 35.2. The second-order valence-electron chi connectivity index (χ2n) is 4.68. The van der Waals surface area contributed by atoms with Crippen LogP contribution in [-0.2, 0) is 42.7 Å². The van der Waals surface area contributed by atoms with E-state index in [-0.39, 0.29) is 26.4 Å². The van der Waals surface area contributed by atoms with Crippen LogP contribution in [0, 0.1) is 0 Å². The minimum absolute atomic E-state index is 0.173. The Bertz CT molecular complexity index is 315. The van der Waals surface area contributed by atoms with Crippen molar-refractivity contribution in [3.05, 3.63) is 0 Å². The number of carbonyl (C=O) groups excluding carboxylic acids is 2. The van der Waals surface area contributed by atoms with E-state index in [1.165, 1.54) is 14.2 Å². The van der Waals surface area contributed by atoms with Gasteiger partial charge in [0, 0.05) is 14.2 Å². The molecule has 0 aromatic carbocycles. The number of carbonyl (C=O) groups is 2. The fourth-order valence-electron chi connectivity index (χ4n) is 1.74. The van der Waals surface area contributed by atoms with Crippen molar-refractivity contribution in [2.24, 2.45) is 0 Å². The van der Waals surface area contributed by atoms with Gasteiger partial charge in [0.1, 0.15) is 13.2 Å². The number of rotatable bonds is 12. The van der Waals surface area contributed by atoms with Gasteiger partial charge in [-0.15, -0.1) is 0 Å². The Morgan fingerprint density at radius 2 is 1.26 bits per heavy atom. The molecule has 0 aliphatic carbocycles. The zero-order valence-electron chi connectivity index (χ0n) is 13.5. The van der Waals surface area contributed by atoms with Crippen molar-refractivity contribution in [2.45, 2.75) is 12.2 Å². The predicted octanol–water partition coefficient (Wildman–Crippen LogP) is -0.834. The largest absolute Gasteiger partial charge is 0.454 e. The Morgan fingerprint density at radius 3 is 1.65 bits per heavy atom. The molecule has 0 bridgehead atoms. The van der Waals surface area contributed by atoms with Gasteiger partial charge < -0.3 is 33.2 Å². The Balaban J connectivity index is 2.22. The van der Waals surface area contributed by atoms with Crippen LogP contribution in [0.4, 0.5) is 0 Å². The van der Waals surface area contributed by atoms with E-state index in [9.17, 15) is 9.59 Å². The van der Waals surface area contributed by atoms with Crippen molar-refractivity contribution >= 4 is 11.9 Å². The fraction of sp³-hybridized carbons (Fsp3) is 0.857. The van der Waals surface area contributed by atoms with Crippen molar-refractivity contribution in [1.29, 1.82) is 0 Å². The third-order valence-electron chi connectivity index (χ3n) is 2.85. The van der Waals surface area contributed by atoms with Gasteiger partial charge in [-0.3, -0.25) is 0 Å². The lowest BCUT2D eigenvalue weighted by molar-refractivity contribution is -0.169. The highest BCUT2D eigenvalue weighted by molar-refractivity contribution is 5.72. The van der Waals surface area contributed by atoms with Gasteiger partial charge in [-0.1, -0.05) is 0 Å². The lowest BCUT2D eigenvalue weighted by Crippen LogP contribution is -2.36. The second-order valence-corrected chi connectivity index (χ2v) is 4.68. The topological polar surface area (TPSA) is 98.8 Å². The van der Waals surface area contributed by atoms with Gasteiger partial charge in [-0.05, 0) is 0 Å². The SMILES string of the molecule is COCCOCC(=O)OC1COCC1OC(=O)COCCOC. The molecule has 9 nitrogen and oxygen atoms in total. The molecule has 1 rings (SSSR count). The smallest absolute Gasteiger partial charge is 0.332 e. The van der Waals surface area contributed by atoms with E-state index in [1.54, 1.807) is 0 Å². The van der Waals surface area contributed by atoms with Gasteiger partial charge in [0.05, 0.1) is 39.6 Å². The van der Waals surface area contributed by atoms with E-state index < -0.39 is 24.1 Å². The number of methoxy groups -OCH3 is 2. The highest BCUT2D eigenvalue weighted by Crippen LogP contribution is 2.14. The number of esters is 2. The first-order valence-electron chi connectivity index (χ1n) is 7.27. The van der Waals surface area contributed by atoms with Crippen LogP contribution < -0.4 is 0 Å². The Hall–Kier alpha value is -1.26. The van der Waals surface area contributed by atoms with Gasteiger partial charge in [-0.25, -0.2) is 9.59 Å². The van der Waals surface area contributed by atoms with Crippen molar-refractivity contribution < 1.29 is 42.7 Å². The van der Waals surface area contributed by atoms with Crippen LogP contribution in [0.3, 0.4) is 0 Å². The molecule has 1 fully saturated rings. The van der Waals surface area contributed by atoms with E-state index in [0.717, 1.165) is 0 Å². The standard InChI is InChI=1S/C14H24O9/c1-17-3-5-19-9-13(15)22-11-7-21-8-12(11)23-14(16)10-20-6-4-18-2/h11-12H,3-10H2,1-2H3. The summed E-state index contributed by atoms with van der Waals surface area (Å²) in [4.78, 5) is 23.2. The summed E-state index contributed by atoms with van der Waals surface area (Å²) in [5.74, 6) is -1.09. The van der Waals surface area contributed by atoms with Gasteiger partial charge in [0.2, 0.25) is 0 Å². The maximum absolute atomic E-state index is 11.6. The highest BCUT2D eigenvalue weighted by Gasteiger charge is 2.34. The summed E-state index contributed by atoms with van der Waals surface area (Å²) in [6, 6.07) is 0. The zero-order valence-corrected chi connectivity index (χ0v) is 13.5. The molecule has 0 spiro atoms. The summed E-state index contributed by atoms with van der Waals surface area (Å²) in [6.07, 6.45) is -1.28. The van der Waals surface area contributed by atoms with Crippen LogP contribution in [-0.4, -0.2) is 91.2 Å². The van der Waals surface area contributed by atoms with Crippen molar-refractivity contribution in [2.75, 3.05) is 67.1 Å². The van der Waals surface area contributed by atoms with Gasteiger partial charge in [0.15, 0.2) is 12.2 Å². The van der Waals surface area contributed by atoms with Gasteiger partial charge in [0.25, 0.3) is 0 Å². The molecular formula is C14H24O9. The first-order chi connectivity index (χ1) is 11.2. The molecule has 0 aromatic heterocycles. The van der Waals surface area contributed by atoms with E-state index in [4.69, 9.17) is 33.2 Å². The Kier molecular flexibility index (Phi) is 10.5. The molecule has 1 saturated heterocycles. The molecule has 0 amide bonds. The minimum atomic E-state index is -0.642. The quantitative estimate of drug-likeness (QED) is 0.334. The van der Waals surface area contributed by atoms with Gasteiger partial charge in [-0.2, -0.15) is 0 Å². The third kappa shape index (κ3) is 8.82. The van der Waals surface area contributed by atoms with Crippen LogP contribution in [0.5, 0.6) is 0 Å². The lowest BCUT2D eigenvalue weighted by Gasteiger charge is -2.18. The first-order valence-corrected chi connectivity index (χ1v) is 7.27. The van der Waals surface area contributed by atoms with Crippen LogP contribution in [0.1, 0.15) is 0 Å². The molecule has 1 aliphatic heterocycles.